The molecule has 100 valence electrons. The highest BCUT2D eigenvalue weighted by Crippen LogP contribution is 2.18. The number of carboxylic acids is 1. The van der Waals surface area contributed by atoms with E-state index in [0.29, 0.717) is 6.04 Å². The van der Waals surface area contributed by atoms with Gasteiger partial charge < -0.3 is 5.11 Å². The van der Waals surface area contributed by atoms with Crippen LogP contribution < -0.4 is 0 Å². The van der Waals surface area contributed by atoms with Crippen LogP contribution in [0.15, 0.2) is 0 Å². The molecule has 1 N–H and O–H groups in total. The van der Waals surface area contributed by atoms with E-state index in [2.05, 4.69) is 11.8 Å². The van der Waals surface area contributed by atoms with Crippen LogP contribution in [0.5, 0.6) is 0 Å². The first-order chi connectivity index (χ1) is 8.10. The zero-order valence-corrected chi connectivity index (χ0v) is 11.4. The van der Waals surface area contributed by atoms with Crippen molar-refractivity contribution in [2.45, 2.75) is 51.6 Å². The molecule has 1 aliphatic rings. The van der Waals surface area contributed by atoms with Gasteiger partial charge in [0, 0.05) is 12.6 Å². The molecule has 0 aliphatic carbocycles. The lowest BCUT2D eigenvalue weighted by molar-refractivity contribution is -0.143. The van der Waals surface area contributed by atoms with Crippen LogP contribution in [0.4, 0.5) is 0 Å². The zero-order chi connectivity index (χ0) is 12.8. The van der Waals surface area contributed by atoms with Crippen LogP contribution in [0.25, 0.3) is 0 Å². The molecule has 0 aromatic carbocycles. The van der Waals surface area contributed by atoms with E-state index in [-0.39, 0.29) is 6.04 Å². The summed E-state index contributed by atoms with van der Waals surface area (Å²) in [5, 5.41) is 9.22. The molecule has 0 spiro atoms. The van der Waals surface area contributed by atoms with Gasteiger partial charge in [0.2, 0.25) is 0 Å². The van der Waals surface area contributed by atoms with E-state index in [0.717, 1.165) is 25.9 Å². The van der Waals surface area contributed by atoms with Gasteiger partial charge in [-0.25, -0.2) is 0 Å². The molecule has 17 heavy (non-hydrogen) atoms. The van der Waals surface area contributed by atoms with Crippen molar-refractivity contribution in [2.75, 3.05) is 26.7 Å². The largest absolute Gasteiger partial charge is 0.480 e. The summed E-state index contributed by atoms with van der Waals surface area (Å²) in [6, 6.07) is 0.225. The van der Waals surface area contributed by atoms with Crippen LogP contribution in [-0.4, -0.2) is 59.6 Å². The van der Waals surface area contributed by atoms with Gasteiger partial charge in [-0.2, -0.15) is 0 Å². The maximum absolute atomic E-state index is 11.2. The third-order valence-electron chi connectivity index (χ3n) is 3.78. The van der Waals surface area contributed by atoms with Crippen molar-refractivity contribution in [3.05, 3.63) is 0 Å². The van der Waals surface area contributed by atoms with Gasteiger partial charge in [-0.3, -0.25) is 14.6 Å². The molecule has 1 fully saturated rings. The van der Waals surface area contributed by atoms with E-state index >= 15 is 0 Å². The second kappa shape index (κ2) is 6.97. The van der Waals surface area contributed by atoms with Gasteiger partial charge in [-0.05, 0) is 39.4 Å². The summed E-state index contributed by atoms with van der Waals surface area (Å²) in [6.07, 6.45) is 4.11. The third kappa shape index (κ3) is 3.96. The lowest BCUT2D eigenvalue weighted by Gasteiger charge is -2.31. The Bertz CT molecular complexity index is 246. The van der Waals surface area contributed by atoms with Crippen LogP contribution in [0, 0.1) is 0 Å². The Hall–Kier alpha value is -0.610. The molecule has 0 amide bonds. The van der Waals surface area contributed by atoms with Gasteiger partial charge in [-0.1, -0.05) is 20.3 Å². The number of likely N-dealkylation sites (N-methyl/N-ethyl adjacent to an activating group) is 2. The topological polar surface area (TPSA) is 43.8 Å². The van der Waals surface area contributed by atoms with E-state index < -0.39 is 5.97 Å². The monoisotopic (exact) mass is 242 g/mol. The fourth-order valence-electron chi connectivity index (χ4n) is 2.78. The van der Waals surface area contributed by atoms with E-state index in [1.54, 1.807) is 0 Å². The highest BCUT2D eigenvalue weighted by atomic mass is 16.4. The van der Waals surface area contributed by atoms with Crippen LogP contribution in [0.2, 0.25) is 0 Å². The van der Waals surface area contributed by atoms with Gasteiger partial charge >= 0.3 is 5.97 Å². The Balaban J connectivity index is 2.50. The summed E-state index contributed by atoms with van der Waals surface area (Å²) in [5.41, 5.74) is 0. The molecule has 1 aliphatic heterocycles. The smallest absolute Gasteiger partial charge is 0.320 e. The lowest BCUT2D eigenvalue weighted by Crippen LogP contribution is -2.45. The average molecular weight is 242 g/mol. The molecule has 4 nitrogen and oxygen atoms in total. The van der Waals surface area contributed by atoms with Gasteiger partial charge in [-0.15, -0.1) is 0 Å². The maximum atomic E-state index is 11.2. The maximum Gasteiger partial charge on any atom is 0.320 e. The minimum Gasteiger partial charge on any atom is -0.480 e. The summed E-state index contributed by atoms with van der Waals surface area (Å²) >= 11 is 0. The normalized spacial score (nSPS) is 23.2. The Morgan fingerprint density at radius 3 is 2.76 bits per heavy atom. The van der Waals surface area contributed by atoms with E-state index in [1.165, 1.54) is 19.4 Å². The average Bonchev–Trinajstić information content (AvgIpc) is 2.72. The van der Waals surface area contributed by atoms with Crippen LogP contribution >= 0.6 is 0 Å². The fourth-order valence-corrected chi connectivity index (χ4v) is 2.78. The Labute approximate surface area is 105 Å². The van der Waals surface area contributed by atoms with Crippen molar-refractivity contribution < 1.29 is 9.90 Å². The predicted molar refractivity (Wildman–Crippen MR) is 69.2 cm³/mol. The minimum atomic E-state index is -0.685. The number of aliphatic carboxylic acids is 1. The van der Waals surface area contributed by atoms with Crippen molar-refractivity contribution in [1.82, 2.24) is 9.80 Å². The molecule has 4 heteroatoms. The first kappa shape index (κ1) is 14.5. The lowest BCUT2D eigenvalue weighted by atomic mass is 10.1. The molecule has 1 heterocycles. The molecule has 2 atom stereocenters. The molecule has 1 saturated heterocycles. The number of rotatable bonds is 7. The molecule has 2 unspecified atom stereocenters. The summed E-state index contributed by atoms with van der Waals surface area (Å²) in [7, 11) is 1.95. The van der Waals surface area contributed by atoms with Crippen molar-refractivity contribution in [3.8, 4) is 0 Å². The highest BCUT2D eigenvalue weighted by molar-refractivity contribution is 5.73. The second-order valence-corrected chi connectivity index (χ2v) is 5.01. The van der Waals surface area contributed by atoms with Crippen LogP contribution in [-0.2, 0) is 4.79 Å². The Kier molecular flexibility index (Phi) is 5.92. The number of likely N-dealkylation sites (tertiary alicyclic amines) is 1. The number of hydrogen-bond donors (Lipinski definition) is 1. The molecule has 0 bridgehead atoms. The summed E-state index contributed by atoms with van der Waals surface area (Å²) in [5.74, 6) is -0.685. The molecular weight excluding hydrogens is 216 g/mol. The van der Waals surface area contributed by atoms with Crippen LogP contribution in [0.3, 0.4) is 0 Å². The third-order valence-corrected chi connectivity index (χ3v) is 3.78. The van der Waals surface area contributed by atoms with Gasteiger partial charge in [0.15, 0.2) is 0 Å². The van der Waals surface area contributed by atoms with E-state index in [9.17, 15) is 9.90 Å². The molecule has 0 aromatic heterocycles. The summed E-state index contributed by atoms with van der Waals surface area (Å²) in [6.45, 7) is 7.34. The van der Waals surface area contributed by atoms with Gasteiger partial charge in [0.05, 0.1) is 0 Å². The SMILES string of the molecule is CCCC(C(=O)O)N(C)CC1CCCN1CC. The first-order valence-corrected chi connectivity index (χ1v) is 6.77. The highest BCUT2D eigenvalue weighted by Gasteiger charge is 2.28. The zero-order valence-electron chi connectivity index (χ0n) is 11.4. The van der Waals surface area contributed by atoms with Gasteiger partial charge in [0.1, 0.15) is 6.04 Å². The van der Waals surface area contributed by atoms with E-state index in [1.807, 2.05) is 18.9 Å². The summed E-state index contributed by atoms with van der Waals surface area (Å²) < 4.78 is 0. The number of hydrogen-bond acceptors (Lipinski definition) is 3. The molecule has 0 aromatic rings. The van der Waals surface area contributed by atoms with Crippen molar-refractivity contribution in [1.29, 1.82) is 0 Å². The molecule has 0 radical (unpaired) electrons. The first-order valence-electron chi connectivity index (χ1n) is 6.77. The molecule has 1 rings (SSSR count). The summed E-state index contributed by atoms with van der Waals surface area (Å²) in [4.78, 5) is 15.7. The number of nitrogens with zero attached hydrogens (tertiary/aromatic N) is 2. The quantitative estimate of drug-likeness (QED) is 0.737. The molecular formula is C13H26N2O2. The van der Waals surface area contributed by atoms with Gasteiger partial charge in [0.25, 0.3) is 0 Å². The standard InChI is InChI=1S/C13H26N2O2/c1-4-7-12(13(16)17)14(3)10-11-8-6-9-15(11)5-2/h11-12H,4-10H2,1-3H3,(H,16,17). The Morgan fingerprint density at radius 2 is 2.24 bits per heavy atom. The van der Waals surface area contributed by atoms with Crippen LogP contribution in [0.1, 0.15) is 39.5 Å². The Morgan fingerprint density at radius 1 is 1.53 bits per heavy atom. The van der Waals surface area contributed by atoms with Crippen molar-refractivity contribution in [2.24, 2.45) is 0 Å². The second-order valence-electron chi connectivity index (χ2n) is 5.01. The van der Waals surface area contributed by atoms with E-state index in [4.69, 9.17) is 0 Å². The number of carboxylic acid groups (broad SMARTS) is 1. The van der Waals surface area contributed by atoms with Crippen molar-refractivity contribution in [3.63, 3.8) is 0 Å². The predicted octanol–water partition coefficient (Wildman–Crippen LogP) is 1.66. The fraction of sp³-hybridized carbons (Fsp3) is 0.923. The minimum absolute atomic E-state index is 0.320. The number of carbonyl (C=O) groups is 1. The molecule has 0 saturated carbocycles. The van der Waals surface area contributed by atoms with Crippen molar-refractivity contribution >= 4 is 5.97 Å².